The summed E-state index contributed by atoms with van der Waals surface area (Å²) in [5, 5.41) is 0.344. The molecule has 2 aliphatic heterocycles. The van der Waals surface area contributed by atoms with E-state index in [4.69, 9.17) is 11.6 Å². The third kappa shape index (κ3) is 3.29. The van der Waals surface area contributed by atoms with Crippen molar-refractivity contribution in [3.05, 3.63) is 98.0 Å². The zero-order valence-electron chi connectivity index (χ0n) is 14.1. The molecule has 0 unspecified atom stereocenters. The van der Waals surface area contributed by atoms with E-state index in [9.17, 15) is 18.4 Å². The second kappa shape index (κ2) is 6.97. The molecule has 0 saturated heterocycles. The minimum atomic E-state index is -0.934. The van der Waals surface area contributed by atoms with E-state index in [2.05, 4.69) is 9.97 Å². The van der Waals surface area contributed by atoms with Gasteiger partial charge in [0.15, 0.2) is 5.82 Å². The molecule has 9 heteroatoms. The van der Waals surface area contributed by atoms with Crippen molar-refractivity contribution < 1.29 is 8.78 Å². The Balaban J connectivity index is 1.88. The topological polar surface area (TPSA) is 69.8 Å². The van der Waals surface area contributed by atoms with E-state index in [0.29, 0.717) is 22.3 Å². The van der Waals surface area contributed by atoms with Crippen LogP contribution in [-0.4, -0.2) is 19.1 Å². The van der Waals surface area contributed by atoms with Gasteiger partial charge in [-0.1, -0.05) is 17.7 Å². The van der Waals surface area contributed by atoms with Crippen LogP contribution in [0.2, 0.25) is 5.15 Å². The van der Waals surface area contributed by atoms with Gasteiger partial charge in [-0.15, -0.1) is 0 Å². The summed E-state index contributed by atoms with van der Waals surface area (Å²) in [5.74, 6) is -1.65. The van der Waals surface area contributed by atoms with Crippen LogP contribution < -0.4 is 11.2 Å². The van der Waals surface area contributed by atoms with Crippen molar-refractivity contribution in [2.24, 2.45) is 0 Å². The lowest BCUT2D eigenvalue weighted by Gasteiger charge is -2.15. The van der Waals surface area contributed by atoms with Crippen LogP contribution >= 0.6 is 11.6 Å². The first-order valence-corrected chi connectivity index (χ1v) is 8.49. The number of fused-ring (bicyclic) bond motifs is 1. The van der Waals surface area contributed by atoms with Crippen LogP contribution in [0.4, 0.5) is 8.78 Å². The molecule has 0 amide bonds. The van der Waals surface area contributed by atoms with Gasteiger partial charge in [0.05, 0.1) is 17.8 Å². The zero-order valence-corrected chi connectivity index (χ0v) is 14.9. The maximum absolute atomic E-state index is 13.5. The number of aromatic nitrogens is 4. The first-order chi connectivity index (χ1) is 13.4. The van der Waals surface area contributed by atoms with Crippen LogP contribution in [0.25, 0.3) is 17.1 Å². The number of hydrogen-bond acceptors (Lipinski definition) is 4. The van der Waals surface area contributed by atoms with Gasteiger partial charge in [-0.2, -0.15) is 4.98 Å². The first-order valence-electron chi connectivity index (χ1n) is 8.11. The molecule has 0 fully saturated rings. The lowest BCUT2D eigenvalue weighted by atomic mass is 10.2. The average Bonchev–Trinajstić information content (AvgIpc) is 2.63. The molecule has 0 aliphatic carbocycles. The van der Waals surface area contributed by atoms with Crippen LogP contribution in [0.5, 0.6) is 0 Å². The molecule has 2 aliphatic rings. The Kier molecular flexibility index (Phi) is 4.48. The predicted molar refractivity (Wildman–Crippen MR) is 99.0 cm³/mol. The standard InChI is InChI=1S/C19H11ClF2N4O2/c20-16-4-3-11(9-23-16)10-25-5-1-2-15-17(25)24-19(28)26(18(15)27)14-7-12(21)6-13(22)8-14/h1-9H,10H2. The Morgan fingerprint density at radius 2 is 1.79 bits per heavy atom. The van der Waals surface area contributed by atoms with Gasteiger partial charge in [-0.25, -0.2) is 23.1 Å². The highest BCUT2D eigenvalue weighted by molar-refractivity contribution is 6.29. The minimum Gasteiger partial charge on any atom is -0.328 e. The Bertz CT molecular complexity index is 1250. The molecule has 0 saturated carbocycles. The van der Waals surface area contributed by atoms with E-state index in [1.165, 1.54) is 6.07 Å². The number of pyridine rings is 2. The van der Waals surface area contributed by atoms with Crippen molar-refractivity contribution in [2.75, 3.05) is 0 Å². The normalized spacial score (nSPS) is 11.1. The van der Waals surface area contributed by atoms with Crippen molar-refractivity contribution in [1.29, 1.82) is 0 Å². The molecule has 0 atom stereocenters. The van der Waals surface area contributed by atoms with Crippen LogP contribution in [-0.2, 0) is 6.54 Å². The molecule has 0 spiro atoms. The molecule has 4 rings (SSSR count). The molecule has 0 bridgehead atoms. The molecule has 0 radical (unpaired) electrons. The maximum Gasteiger partial charge on any atom is 0.357 e. The molecular weight excluding hydrogens is 390 g/mol. The highest BCUT2D eigenvalue weighted by Crippen LogP contribution is 2.17. The van der Waals surface area contributed by atoms with Gasteiger partial charge in [0.25, 0.3) is 5.56 Å². The number of hydrogen-bond donors (Lipinski definition) is 0. The summed E-state index contributed by atoms with van der Waals surface area (Å²) in [5.41, 5.74) is -0.958. The fourth-order valence-electron chi connectivity index (χ4n) is 2.90. The summed E-state index contributed by atoms with van der Waals surface area (Å²) in [6, 6.07) is 8.95. The van der Waals surface area contributed by atoms with E-state index >= 15 is 0 Å². The van der Waals surface area contributed by atoms with Crippen molar-refractivity contribution in [2.45, 2.75) is 6.54 Å². The summed E-state index contributed by atoms with van der Waals surface area (Å²) in [6.45, 7) is 0.298. The molecule has 140 valence electrons. The average molecular weight is 401 g/mol. The SMILES string of the molecule is O=c1nc2n(Cc3ccc(Cl)nc3)cccc-2c(=O)n1-c1cc(F)cc(F)c1. The number of rotatable bonds is 3. The van der Waals surface area contributed by atoms with Gasteiger partial charge in [0, 0.05) is 18.5 Å². The van der Waals surface area contributed by atoms with Gasteiger partial charge in [-0.3, -0.25) is 4.79 Å². The Morgan fingerprint density at radius 1 is 1.04 bits per heavy atom. The summed E-state index contributed by atoms with van der Waals surface area (Å²) in [6.07, 6.45) is 3.23. The van der Waals surface area contributed by atoms with Crippen molar-refractivity contribution in [1.82, 2.24) is 19.1 Å². The van der Waals surface area contributed by atoms with E-state index < -0.39 is 22.9 Å². The highest BCUT2D eigenvalue weighted by atomic mass is 35.5. The molecule has 28 heavy (non-hydrogen) atoms. The van der Waals surface area contributed by atoms with E-state index in [1.807, 2.05) is 0 Å². The van der Waals surface area contributed by atoms with Gasteiger partial charge in [0.2, 0.25) is 0 Å². The Labute approximate surface area is 161 Å². The van der Waals surface area contributed by atoms with Gasteiger partial charge in [-0.05, 0) is 35.9 Å². The Hall–Kier alpha value is -3.39. The fourth-order valence-corrected chi connectivity index (χ4v) is 3.01. The molecule has 1 aromatic carbocycles. The lowest BCUT2D eigenvalue weighted by molar-refractivity contribution is 0.580. The zero-order chi connectivity index (χ0) is 19.8. The van der Waals surface area contributed by atoms with Crippen LogP contribution in [0.1, 0.15) is 5.56 Å². The van der Waals surface area contributed by atoms with E-state index in [1.54, 1.807) is 35.2 Å². The van der Waals surface area contributed by atoms with Gasteiger partial charge < -0.3 is 4.57 Å². The molecule has 0 N–H and O–H groups in total. The second-order valence-electron chi connectivity index (χ2n) is 6.03. The van der Waals surface area contributed by atoms with Crippen molar-refractivity contribution in [3.8, 4) is 17.1 Å². The lowest BCUT2D eigenvalue weighted by Crippen LogP contribution is -2.36. The summed E-state index contributed by atoms with van der Waals surface area (Å²) >= 11 is 5.78. The highest BCUT2D eigenvalue weighted by Gasteiger charge is 2.19. The van der Waals surface area contributed by atoms with Crippen LogP contribution in [0, 0.1) is 11.6 Å². The minimum absolute atomic E-state index is 0.133. The summed E-state index contributed by atoms with van der Waals surface area (Å²) in [4.78, 5) is 33.3. The second-order valence-corrected chi connectivity index (χ2v) is 6.41. The number of halogens is 3. The molecule has 1 aromatic heterocycles. The molecule has 6 nitrogen and oxygen atoms in total. The van der Waals surface area contributed by atoms with Crippen LogP contribution in [0.15, 0.2) is 64.4 Å². The van der Waals surface area contributed by atoms with E-state index in [-0.39, 0.29) is 17.1 Å². The molecular formula is C19H11ClF2N4O2. The maximum atomic E-state index is 13.5. The first kappa shape index (κ1) is 18.0. The largest absolute Gasteiger partial charge is 0.357 e. The van der Waals surface area contributed by atoms with Gasteiger partial charge >= 0.3 is 5.69 Å². The predicted octanol–water partition coefficient (Wildman–Crippen LogP) is 2.87. The monoisotopic (exact) mass is 400 g/mol. The summed E-state index contributed by atoms with van der Waals surface area (Å²) < 4.78 is 29.3. The third-order valence-corrected chi connectivity index (χ3v) is 4.34. The van der Waals surface area contributed by atoms with E-state index in [0.717, 1.165) is 17.7 Å². The fraction of sp³-hybridized carbons (Fsp3) is 0.0526. The van der Waals surface area contributed by atoms with Crippen molar-refractivity contribution >= 4 is 11.6 Å². The van der Waals surface area contributed by atoms with Crippen LogP contribution in [0.3, 0.4) is 0 Å². The number of nitrogens with zero attached hydrogens (tertiary/aromatic N) is 4. The third-order valence-electron chi connectivity index (χ3n) is 4.12. The smallest absolute Gasteiger partial charge is 0.328 e. The molecule has 3 heterocycles. The quantitative estimate of drug-likeness (QED) is 0.496. The molecule has 2 aromatic rings. The van der Waals surface area contributed by atoms with Crippen molar-refractivity contribution in [3.63, 3.8) is 0 Å². The summed E-state index contributed by atoms with van der Waals surface area (Å²) in [7, 11) is 0. The number of benzene rings is 1. The Morgan fingerprint density at radius 3 is 2.46 bits per heavy atom. The van der Waals surface area contributed by atoms with Gasteiger partial charge in [0.1, 0.15) is 16.8 Å².